The van der Waals surface area contributed by atoms with Crippen molar-refractivity contribution in [3.05, 3.63) is 71.8 Å². The van der Waals surface area contributed by atoms with Gasteiger partial charge in [-0.1, -0.05) is 60.7 Å². The smallest absolute Gasteiger partial charge is 0.186 e. The van der Waals surface area contributed by atoms with Crippen LogP contribution >= 0.6 is 0 Å². The van der Waals surface area contributed by atoms with Gasteiger partial charge in [0.15, 0.2) is 6.29 Å². The van der Waals surface area contributed by atoms with Gasteiger partial charge < -0.3 is 24.1 Å². The maximum Gasteiger partial charge on any atom is 0.186 e. The van der Waals surface area contributed by atoms with Gasteiger partial charge in [0.2, 0.25) is 0 Å². The highest BCUT2D eigenvalue weighted by Crippen LogP contribution is 2.27. The van der Waals surface area contributed by atoms with Crippen LogP contribution in [0.25, 0.3) is 0 Å². The number of hydrogen-bond acceptors (Lipinski definition) is 5. The Hall–Kier alpha value is -1.76. The van der Waals surface area contributed by atoms with Gasteiger partial charge in [-0.25, -0.2) is 0 Å². The largest absolute Gasteiger partial charge is 0.385 e. The van der Waals surface area contributed by atoms with Crippen LogP contribution in [0, 0.1) is 0 Å². The molecule has 0 aromatic heterocycles. The molecule has 2 aromatic carbocycles. The molecule has 1 aliphatic rings. The maximum atomic E-state index is 10.6. The molecule has 5 nitrogen and oxygen atoms in total. The third kappa shape index (κ3) is 4.69. The van der Waals surface area contributed by atoms with Crippen molar-refractivity contribution >= 4 is 0 Å². The van der Waals surface area contributed by atoms with Crippen LogP contribution in [0.3, 0.4) is 0 Å². The molecule has 140 valence electrons. The zero-order chi connectivity index (χ0) is 18.4. The van der Waals surface area contributed by atoms with E-state index in [0.29, 0.717) is 13.2 Å². The van der Waals surface area contributed by atoms with Crippen molar-refractivity contribution in [1.82, 2.24) is 0 Å². The molecule has 1 fully saturated rings. The summed E-state index contributed by atoms with van der Waals surface area (Å²) in [5.41, 5.74) is 2.10. The third-order valence-electron chi connectivity index (χ3n) is 4.55. The Balaban J connectivity index is 1.69. The number of rotatable bonds is 7. The van der Waals surface area contributed by atoms with Gasteiger partial charge in [-0.15, -0.1) is 0 Å². The van der Waals surface area contributed by atoms with Gasteiger partial charge in [0.1, 0.15) is 18.3 Å². The fraction of sp³-hybridized carbons (Fsp3) is 0.429. The topological polar surface area (TPSA) is 57.2 Å². The molecular weight excluding hydrogens is 332 g/mol. The molecule has 0 bridgehead atoms. The normalized spacial score (nSPS) is 28.8. The van der Waals surface area contributed by atoms with Crippen molar-refractivity contribution < 1.29 is 24.1 Å². The van der Waals surface area contributed by atoms with E-state index in [-0.39, 0.29) is 6.10 Å². The number of hydrogen-bond donors (Lipinski definition) is 1. The zero-order valence-corrected chi connectivity index (χ0v) is 15.2. The predicted octanol–water partition coefficient (Wildman–Crippen LogP) is 2.91. The summed E-state index contributed by atoms with van der Waals surface area (Å²) < 4.78 is 23.1. The molecule has 26 heavy (non-hydrogen) atoms. The lowest BCUT2D eigenvalue weighted by molar-refractivity contribution is -0.303. The molecule has 0 aliphatic carbocycles. The first kappa shape index (κ1) is 19.0. The first-order valence-electron chi connectivity index (χ1n) is 8.86. The van der Waals surface area contributed by atoms with E-state index in [2.05, 4.69) is 0 Å². The van der Waals surface area contributed by atoms with Crippen molar-refractivity contribution in [1.29, 1.82) is 0 Å². The number of aliphatic hydroxyl groups is 1. The molecule has 1 heterocycles. The van der Waals surface area contributed by atoms with Gasteiger partial charge in [-0.3, -0.25) is 0 Å². The van der Waals surface area contributed by atoms with Crippen LogP contribution in [0.1, 0.15) is 18.1 Å². The molecule has 5 atom stereocenters. The molecule has 3 rings (SSSR count). The SMILES string of the molecule is CO[C@@H]1O[C@H](C)[C@@H](OCc2ccccc2)[C@H](OCc2ccccc2)[C@@H]1O. The minimum atomic E-state index is -0.930. The Bertz CT molecular complexity index is 648. The molecule has 5 heteroatoms. The summed E-state index contributed by atoms with van der Waals surface area (Å²) in [4.78, 5) is 0. The van der Waals surface area contributed by atoms with E-state index >= 15 is 0 Å². The molecule has 1 saturated heterocycles. The summed E-state index contributed by atoms with van der Waals surface area (Å²) in [6.45, 7) is 2.72. The Morgan fingerprint density at radius 3 is 1.85 bits per heavy atom. The van der Waals surface area contributed by atoms with Crippen molar-refractivity contribution in [2.45, 2.75) is 50.8 Å². The van der Waals surface area contributed by atoms with Gasteiger partial charge >= 0.3 is 0 Å². The molecule has 0 spiro atoms. The van der Waals surface area contributed by atoms with Crippen molar-refractivity contribution in [3.63, 3.8) is 0 Å². The van der Waals surface area contributed by atoms with Gasteiger partial charge in [0.05, 0.1) is 19.3 Å². The fourth-order valence-electron chi connectivity index (χ4n) is 3.14. The Morgan fingerprint density at radius 1 is 0.846 bits per heavy atom. The lowest BCUT2D eigenvalue weighted by Gasteiger charge is -2.42. The number of ether oxygens (including phenoxy) is 4. The standard InChI is InChI=1S/C21H26O5/c1-15-19(24-13-16-9-5-3-6-10-16)20(18(22)21(23-2)26-15)25-14-17-11-7-4-8-12-17/h3-12,15,18-22H,13-14H2,1-2H3/t15-,18+,19-,20-,21-/m1/s1. The molecule has 0 unspecified atom stereocenters. The Morgan fingerprint density at radius 2 is 1.35 bits per heavy atom. The van der Waals surface area contributed by atoms with Gasteiger partial charge in [-0.05, 0) is 18.1 Å². The summed E-state index contributed by atoms with van der Waals surface area (Å²) in [7, 11) is 1.51. The third-order valence-corrected chi connectivity index (χ3v) is 4.55. The zero-order valence-electron chi connectivity index (χ0n) is 15.2. The summed E-state index contributed by atoms with van der Waals surface area (Å²) in [5.74, 6) is 0. The summed E-state index contributed by atoms with van der Waals surface area (Å²) in [5, 5.41) is 10.6. The number of methoxy groups -OCH3 is 1. The van der Waals surface area contributed by atoms with Crippen LogP contribution in [0.4, 0.5) is 0 Å². The van der Waals surface area contributed by atoms with Crippen LogP contribution in [-0.2, 0) is 32.2 Å². The monoisotopic (exact) mass is 358 g/mol. The van der Waals surface area contributed by atoms with Crippen molar-refractivity contribution in [3.8, 4) is 0 Å². The van der Waals surface area contributed by atoms with E-state index in [0.717, 1.165) is 11.1 Å². The minimum Gasteiger partial charge on any atom is -0.385 e. The summed E-state index contributed by atoms with van der Waals surface area (Å²) >= 11 is 0. The highest BCUT2D eigenvalue weighted by Gasteiger charge is 2.45. The van der Waals surface area contributed by atoms with Crippen molar-refractivity contribution in [2.75, 3.05) is 7.11 Å². The molecule has 0 amide bonds. The highest BCUT2D eigenvalue weighted by molar-refractivity contribution is 5.14. The van der Waals surface area contributed by atoms with Crippen LogP contribution in [0.15, 0.2) is 60.7 Å². The molecular formula is C21H26O5. The number of aliphatic hydroxyl groups excluding tert-OH is 1. The minimum absolute atomic E-state index is 0.271. The van der Waals surface area contributed by atoms with Crippen LogP contribution in [0.2, 0.25) is 0 Å². The second-order valence-corrected chi connectivity index (χ2v) is 6.46. The number of benzene rings is 2. The van der Waals surface area contributed by atoms with E-state index in [4.69, 9.17) is 18.9 Å². The van der Waals surface area contributed by atoms with Crippen LogP contribution < -0.4 is 0 Å². The fourth-order valence-corrected chi connectivity index (χ4v) is 3.14. The lowest BCUT2D eigenvalue weighted by Crippen LogP contribution is -2.58. The maximum absolute atomic E-state index is 10.6. The predicted molar refractivity (Wildman–Crippen MR) is 97.4 cm³/mol. The molecule has 2 aromatic rings. The van der Waals surface area contributed by atoms with E-state index in [1.54, 1.807) is 0 Å². The average Bonchev–Trinajstić information content (AvgIpc) is 2.69. The molecule has 1 aliphatic heterocycles. The quantitative estimate of drug-likeness (QED) is 0.825. The van der Waals surface area contributed by atoms with E-state index in [1.165, 1.54) is 7.11 Å². The van der Waals surface area contributed by atoms with Crippen LogP contribution in [-0.4, -0.2) is 42.9 Å². The lowest BCUT2D eigenvalue weighted by atomic mass is 9.99. The molecule has 0 saturated carbocycles. The van der Waals surface area contributed by atoms with E-state index in [9.17, 15) is 5.11 Å². The summed E-state index contributed by atoms with van der Waals surface area (Å²) in [6, 6.07) is 19.8. The van der Waals surface area contributed by atoms with Crippen molar-refractivity contribution in [2.24, 2.45) is 0 Å². The van der Waals surface area contributed by atoms with E-state index < -0.39 is 24.6 Å². The van der Waals surface area contributed by atoms with E-state index in [1.807, 2.05) is 67.6 Å². The first-order chi connectivity index (χ1) is 12.7. The second kappa shape index (κ2) is 9.26. The van der Waals surface area contributed by atoms with Gasteiger partial charge in [0, 0.05) is 7.11 Å². The van der Waals surface area contributed by atoms with Crippen LogP contribution in [0.5, 0.6) is 0 Å². The molecule has 1 N–H and O–H groups in total. The molecule has 0 radical (unpaired) electrons. The Labute approximate surface area is 154 Å². The highest BCUT2D eigenvalue weighted by atomic mass is 16.7. The Kier molecular flexibility index (Phi) is 6.77. The average molecular weight is 358 g/mol. The van der Waals surface area contributed by atoms with Gasteiger partial charge in [-0.2, -0.15) is 0 Å². The summed E-state index contributed by atoms with van der Waals surface area (Å²) in [6.07, 6.45) is -2.89. The van der Waals surface area contributed by atoms with Gasteiger partial charge in [0.25, 0.3) is 0 Å². The first-order valence-corrected chi connectivity index (χ1v) is 8.86. The second-order valence-electron chi connectivity index (χ2n) is 6.46.